The molecule has 0 spiro atoms. The Morgan fingerprint density at radius 3 is 2.68 bits per heavy atom. The van der Waals surface area contributed by atoms with Crippen molar-refractivity contribution in [2.75, 3.05) is 20.1 Å². The molecule has 0 saturated carbocycles. The number of rotatable bonds is 5. The molecule has 1 atom stereocenters. The van der Waals surface area contributed by atoms with Crippen molar-refractivity contribution in [3.05, 3.63) is 47.7 Å². The zero-order chi connectivity index (χ0) is 17.8. The van der Waals surface area contributed by atoms with Crippen LogP contribution in [0.3, 0.4) is 0 Å². The van der Waals surface area contributed by atoms with Crippen molar-refractivity contribution in [2.24, 2.45) is 0 Å². The highest BCUT2D eigenvalue weighted by molar-refractivity contribution is 5.88. The van der Waals surface area contributed by atoms with Crippen molar-refractivity contribution in [3.8, 4) is 11.3 Å². The Balaban J connectivity index is 1.71. The number of carbonyl (C=O) groups excluding carboxylic acids is 2. The zero-order valence-electron chi connectivity index (χ0n) is 14.5. The number of hydrogen-bond acceptors (Lipinski definition) is 4. The molecule has 0 radical (unpaired) electrons. The monoisotopic (exact) mass is 341 g/mol. The largest absolute Gasteiger partial charge is 0.461 e. The second kappa shape index (κ2) is 7.53. The summed E-state index contributed by atoms with van der Waals surface area (Å²) in [5.41, 5.74) is 2.12. The van der Waals surface area contributed by atoms with Crippen LogP contribution in [-0.4, -0.2) is 42.9 Å². The average molecular weight is 341 g/mol. The number of nitrogens with one attached hydrogen (secondary N) is 2. The molecule has 1 aromatic carbocycles. The minimum atomic E-state index is -0.430. The first kappa shape index (κ1) is 17.2. The van der Waals surface area contributed by atoms with Crippen molar-refractivity contribution >= 4 is 11.8 Å². The number of furan rings is 1. The van der Waals surface area contributed by atoms with Gasteiger partial charge >= 0.3 is 0 Å². The van der Waals surface area contributed by atoms with Gasteiger partial charge in [0.1, 0.15) is 11.5 Å². The minimum Gasteiger partial charge on any atom is -0.461 e. The summed E-state index contributed by atoms with van der Waals surface area (Å²) in [5.74, 6) is 1.52. The van der Waals surface area contributed by atoms with Crippen LogP contribution in [0.5, 0.6) is 0 Å². The van der Waals surface area contributed by atoms with Gasteiger partial charge in [0.25, 0.3) is 0 Å². The van der Waals surface area contributed by atoms with E-state index in [0.29, 0.717) is 13.1 Å². The minimum absolute atomic E-state index is 0.0856. The van der Waals surface area contributed by atoms with Gasteiger partial charge in [0.15, 0.2) is 0 Å². The summed E-state index contributed by atoms with van der Waals surface area (Å²) < 4.78 is 5.64. The van der Waals surface area contributed by atoms with Crippen LogP contribution in [0.15, 0.2) is 40.8 Å². The maximum absolute atomic E-state index is 12.1. The molecule has 132 valence electrons. The van der Waals surface area contributed by atoms with Crippen molar-refractivity contribution in [1.29, 1.82) is 0 Å². The normalized spacial score (nSPS) is 18.0. The van der Waals surface area contributed by atoms with Crippen molar-refractivity contribution in [3.63, 3.8) is 0 Å². The van der Waals surface area contributed by atoms with E-state index in [-0.39, 0.29) is 18.2 Å². The second-order valence-corrected chi connectivity index (χ2v) is 6.26. The van der Waals surface area contributed by atoms with Gasteiger partial charge in [-0.2, -0.15) is 0 Å². The van der Waals surface area contributed by atoms with Gasteiger partial charge in [0.2, 0.25) is 11.8 Å². The quantitative estimate of drug-likeness (QED) is 0.868. The molecule has 1 aromatic heterocycles. The average Bonchev–Trinajstić information content (AvgIpc) is 3.05. The molecule has 2 aromatic rings. The van der Waals surface area contributed by atoms with Crippen LogP contribution >= 0.6 is 0 Å². The summed E-state index contributed by atoms with van der Waals surface area (Å²) in [6, 6.07) is 11.6. The van der Waals surface area contributed by atoms with Gasteiger partial charge in [-0.05, 0) is 24.6 Å². The first-order valence-corrected chi connectivity index (χ1v) is 8.45. The molecule has 1 saturated heterocycles. The number of aryl methyl sites for hydroxylation is 1. The molecule has 1 unspecified atom stereocenters. The lowest BCUT2D eigenvalue weighted by atomic mass is 10.1. The lowest BCUT2D eigenvalue weighted by Gasteiger charge is -2.34. The summed E-state index contributed by atoms with van der Waals surface area (Å²) in [6.45, 7) is 3.89. The van der Waals surface area contributed by atoms with Crippen molar-refractivity contribution < 1.29 is 14.0 Å². The van der Waals surface area contributed by atoms with E-state index in [4.69, 9.17) is 4.42 Å². The summed E-state index contributed by atoms with van der Waals surface area (Å²) >= 11 is 0. The number of piperazine rings is 1. The first-order valence-electron chi connectivity index (χ1n) is 8.45. The van der Waals surface area contributed by atoms with Crippen LogP contribution in [0, 0.1) is 6.92 Å². The highest BCUT2D eigenvalue weighted by atomic mass is 16.3. The standard InChI is InChI=1S/C19H23N3O3/c1-13-3-8-17(25-13)15-6-4-14(5-7-15)12-22-10-9-21-19(24)16(22)11-18(23)20-2/h3-8,16H,9-12H2,1-2H3,(H,20,23)(H,21,24). The predicted octanol–water partition coefficient (Wildman–Crippen LogP) is 1.69. The van der Waals surface area contributed by atoms with Gasteiger partial charge in [-0.1, -0.05) is 24.3 Å². The third-order valence-corrected chi connectivity index (χ3v) is 4.46. The molecule has 1 aliphatic rings. The number of amides is 2. The maximum atomic E-state index is 12.1. The van der Waals surface area contributed by atoms with Gasteiger partial charge in [-0.25, -0.2) is 0 Å². The zero-order valence-corrected chi connectivity index (χ0v) is 14.5. The Labute approximate surface area is 147 Å². The van der Waals surface area contributed by atoms with E-state index >= 15 is 0 Å². The third kappa shape index (κ3) is 4.09. The van der Waals surface area contributed by atoms with E-state index < -0.39 is 6.04 Å². The second-order valence-electron chi connectivity index (χ2n) is 6.26. The van der Waals surface area contributed by atoms with E-state index in [9.17, 15) is 9.59 Å². The third-order valence-electron chi connectivity index (χ3n) is 4.46. The molecule has 25 heavy (non-hydrogen) atoms. The molecule has 0 bridgehead atoms. The predicted molar refractivity (Wildman–Crippen MR) is 94.8 cm³/mol. The van der Waals surface area contributed by atoms with Crippen LogP contribution in [0.1, 0.15) is 17.7 Å². The van der Waals surface area contributed by atoms with E-state index in [1.54, 1.807) is 7.05 Å². The highest BCUT2D eigenvalue weighted by Crippen LogP contribution is 2.23. The molecule has 1 aliphatic heterocycles. The topological polar surface area (TPSA) is 74.6 Å². The molecule has 6 nitrogen and oxygen atoms in total. The van der Waals surface area contributed by atoms with Gasteiger partial charge in [0.05, 0.1) is 12.5 Å². The Morgan fingerprint density at radius 1 is 1.28 bits per heavy atom. The van der Waals surface area contributed by atoms with Gasteiger partial charge in [-0.3, -0.25) is 14.5 Å². The van der Waals surface area contributed by atoms with Crippen LogP contribution in [-0.2, 0) is 16.1 Å². The van der Waals surface area contributed by atoms with Crippen LogP contribution < -0.4 is 10.6 Å². The molecule has 0 aliphatic carbocycles. The first-order chi connectivity index (χ1) is 12.1. The Hall–Kier alpha value is -2.60. The lowest BCUT2D eigenvalue weighted by molar-refractivity contribution is -0.134. The van der Waals surface area contributed by atoms with Crippen LogP contribution in [0.25, 0.3) is 11.3 Å². The Bertz CT molecular complexity index is 752. The highest BCUT2D eigenvalue weighted by Gasteiger charge is 2.31. The number of hydrogen-bond donors (Lipinski definition) is 2. The summed E-state index contributed by atoms with van der Waals surface area (Å²) in [5, 5.41) is 5.43. The smallest absolute Gasteiger partial charge is 0.237 e. The molecule has 2 amide bonds. The SMILES string of the molecule is CNC(=O)CC1C(=O)NCCN1Cc1ccc(-c2ccc(C)o2)cc1. The van der Waals surface area contributed by atoms with Gasteiger partial charge < -0.3 is 15.1 Å². The van der Waals surface area contributed by atoms with E-state index in [2.05, 4.69) is 15.5 Å². The van der Waals surface area contributed by atoms with Crippen molar-refractivity contribution in [2.45, 2.75) is 25.9 Å². The van der Waals surface area contributed by atoms with Crippen LogP contribution in [0.2, 0.25) is 0 Å². The molecule has 2 N–H and O–H groups in total. The molecular formula is C19H23N3O3. The maximum Gasteiger partial charge on any atom is 0.237 e. The molecule has 1 fully saturated rings. The Morgan fingerprint density at radius 2 is 2.04 bits per heavy atom. The van der Waals surface area contributed by atoms with E-state index in [1.807, 2.05) is 43.3 Å². The fourth-order valence-electron chi connectivity index (χ4n) is 3.05. The van der Waals surface area contributed by atoms with Gasteiger partial charge in [0, 0.05) is 32.2 Å². The molecule has 2 heterocycles. The van der Waals surface area contributed by atoms with E-state index in [1.165, 1.54) is 0 Å². The fourth-order valence-corrected chi connectivity index (χ4v) is 3.05. The molecule has 3 rings (SSSR count). The molecule has 6 heteroatoms. The number of carbonyl (C=O) groups is 2. The molecular weight excluding hydrogens is 318 g/mol. The summed E-state index contributed by atoms with van der Waals surface area (Å²) in [7, 11) is 1.59. The van der Waals surface area contributed by atoms with Gasteiger partial charge in [-0.15, -0.1) is 0 Å². The summed E-state index contributed by atoms with van der Waals surface area (Å²) in [4.78, 5) is 25.9. The number of nitrogens with zero attached hydrogens (tertiary/aromatic N) is 1. The lowest BCUT2D eigenvalue weighted by Crippen LogP contribution is -2.55. The van der Waals surface area contributed by atoms with Crippen LogP contribution in [0.4, 0.5) is 0 Å². The summed E-state index contributed by atoms with van der Waals surface area (Å²) in [6.07, 6.45) is 0.173. The van der Waals surface area contributed by atoms with Crippen molar-refractivity contribution in [1.82, 2.24) is 15.5 Å². The fraction of sp³-hybridized carbons (Fsp3) is 0.368. The number of benzene rings is 1. The Kier molecular flexibility index (Phi) is 5.19. The van der Waals surface area contributed by atoms with E-state index in [0.717, 1.165) is 29.2 Å².